The average molecular weight is 359 g/mol. The molecule has 0 spiro atoms. The zero-order chi connectivity index (χ0) is 18.8. The predicted molar refractivity (Wildman–Crippen MR) is 104 cm³/mol. The number of nitrogens with one attached hydrogen (secondary N) is 1. The Balaban J connectivity index is 1.55. The predicted octanol–water partition coefficient (Wildman–Crippen LogP) is 4.69. The summed E-state index contributed by atoms with van der Waals surface area (Å²) >= 11 is 0. The minimum Gasteiger partial charge on any atom is -0.464 e. The van der Waals surface area contributed by atoms with Crippen molar-refractivity contribution < 1.29 is 18.7 Å². The Morgan fingerprint density at radius 1 is 1.00 bits per heavy atom. The molecule has 0 aliphatic carbocycles. The lowest BCUT2D eigenvalue weighted by Crippen LogP contribution is -2.11. The lowest BCUT2D eigenvalue weighted by molar-refractivity contribution is -0.133. The number of esters is 1. The third-order valence-electron chi connectivity index (χ3n) is 4.28. The Morgan fingerprint density at radius 2 is 1.78 bits per heavy atom. The fourth-order valence-electron chi connectivity index (χ4n) is 3.14. The van der Waals surface area contributed by atoms with Crippen LogP contribution in [0, 0.1) is 0 Å². The van der Waals surface area contributed by atoms with Gasteiger partial charge in [-0.15, -0.1) is 0 Å². The highest BCUT2D eigenvalue weighted by atomic mass is 16.5. The lowest BCUT2D eigenvalue weighted by atomic mass is 10.0. The lowest BCUT2D eigenvalue weighted by Gasteiger charge is -2.06. The molecule has 4 aromatic rings. The van der Waals surface area contributed by atoms with Crippen molar-refractivity contribution in [2.24, 2.45) is 0 Å². The van der Waals surface area contributed by atoms with Gasteiger partial charge in [0.05, 0.1) is 12.7 Å². The smallest absolute Gasteiger partial charge is 0.315 e. The number of hydrogen-bond donors (Lipinski definition) is 1. The van der Waals surface area contributed by atoms with Crippen LogP contribution in [0.1, 0.15) is 12.5 Å². The molecule has 0 radical (unpaired) electrons. The number of rotatable bonds is 4. The summed E-state index contributed by atoms with van der Waals surface area (Å²) in [6.07, 6.45) is 1.71. The van der Waals surface area contributed by atoms with Gasteiger partial charge in [0.1, 0.15) is 11.3 Å². The van der Waals surface area contributed by atoms with E-state index in [1.54, 1.807) is 30.5 Å². The Morgan fingerprint density at radius 3 is 2.56 bits per heavy atom. The fraction of sp³-hybridized carbons (Fsp3) is 0.0909. The van der Waals surface area contributed by atoms with E-state index in [1.807, 2.05) is 36.4 Å². The van der Waals surface area contributed by atoms with Crippen molar-refractivity contribution in [3.8, 4) is 5.75 Å². The standard InChI is InChI=1S/C22H17NO4/c1-14(24)23-17-7-9-18(10-8-17)27-21(25)12-16-13-26-20-11-6-15-4-2-3-5-19(15)22(16)20/h2-11,13H,12H2,1H3,(H,23,24). The van der Waals surface area contributed by atoms with E-state index in [-0.39, 0.29) is 18.3 Å². The van der Waals surface area contributed by atoms with E-state index >= 15 is 0 Å². The summed E-state index contributed by atoms with van der Waals surface area (Å²) in [5, 5.41) is 5.74. The van der Waals surface area contributed by atoms with Crippen LogP contribution in [-0.4, -0.2) is 11.9 Å². The molecule has 1 N–H and O–H groups in total. The fourth-order valence-corrected chi connectivity index (χ4v) is 3.14. The van der Waals surface area contributed by atoms with Gasteiger partial charge in [-0.1, -0.05) is 30.3 Å². The molecule has 3 aromatic carbocycles. The number of anilines is 1. The summed E-state index contributed by atoms with van der Waals surface area (Å²) in [7, 11) is 0. The van der Waals surface area contributed by atoms with Gasteiger partial charge in [0.25, 0.3) is 0 Å². The van der Waals surface area contributed by atoms with E-state index in [4.69, 9.17) is 9.15 Å². The van der Waals surface area contributed by atoms with Gasteiger partial charge in [0.15, 0.2) is 0 Å². The maximum absolute atomic E-state index is 12.4. The molecule has 0 saturated heterocycles. The molecule has 0 fully saturated rings. The second-order valence-corrected chi connectivity index (χ2v) is 6.28. The van der Waals surface area contributed by atoms with Gasteiger partial charge in [-0.3, -0.25) is 9.59 Å². The first-order chi connectivity index (χ1) is 13.1. The topological polar surface area (TPSA) is 68.5 Å². The molecule has 0 saturated carbocycles. The Labute approximate surface area is 155 Å². The van der Waals surface area contributed by atoms with Crippen LogP contribution in [0.3, 0.4) is 0 Å². The highest BCUT2D eigenvalue weighted by molar-refractivity contribution is 6.08. The van der Waals surface area contributed by atoms with Crippen molar-refractivity contribution in [2.75, 3.05) is 5.32 Å². The molecule has 1 amide bonds. The second-order valence-electron chi connectivity index (χ2n) is 6.28. The van der Waals surface area contributed by atoms with Crippen molar-refractivity contribution in [3.63, 3.8) is 0 Å². The number of furan rings is 1. The molecule has 0 bridgehead atoms. The molecule has 0 aliphatic rings. The van der Waals surface area contributed by atoms with Crippen LogP contribution in [0.5, 0.6) is 5.75 Å². The monoisotopic (exact) mass is 359 g/mol. The zero-order valence-electron chi connectivity index (χ0n) is 14.7. The van der Waals surface area contributed by atoms with Crippen LogP contribution in [0.4, 0.5) is 5.69 Å². The van der Waals surface area contributed by atoms with Crippen molar-refractivity contribution >= 4 is 39.3 Å². The largest absolute Gasteiger partial charge is 0.464 e. The van der Waals surface area contributed by atoms with Gasteiger partial charge >= 0.3 is 5.97 Å². The van der Waals surface area contributed by atoms with Crippen molar-refractivity contribution in [1.82, 2.24) is 0 Å². The Bertz CT molecular complexity index is 1140. The van der Waals surface area contributed by atoms with Crippen LogP contribution in [-0.2, 0) is 16.0 Å². The van der Waals surface area contributed by atoms with Gasteiger partial charge in [-0.2, -0.15) is 0 Å². The van der Waals surface area contributed by atoms with E-state index in [2.05, 4.69) is 5.32 Å². The van der Waals surface area contributed by atoms with Gasteiger partial charge in [0.2, 0.25) is 5.91 Å². The van der Waals surface area contributed by atoms with Crippen LogP contribution in [0.25, 0.3) is 21.7 Å². The van der Waals surface area contributed by atoms with Crippen LogP contribution in [0.15, 0.2) is 71.3 Å². The third-order valence-corrected chi connectivity index (χ3v) is 4.28. The van der Waals surface area contributed by atoms with E-state index in [9.17, 15) is 9.59 Å². The summed E-state index contributed by atoms with van der Waals surface area (Å²) < 4.78 is 11.0. The number of benzene rings is 3. The molecule has 5 heteroatoms. The normalized spacial score (nSPS) is 10.9. The molecular weight excluding hydrogens is 342 g/mol. The van der Waals surface area contributed by atoms with Crippen LogP contribution >= 0.6 is 0 Å². The second kappa shape index (κ2) is 6.96. The number of carbonyl (C=O) groups excluding carboxylic acids is 2. The van der Waals surface area contributed by atoms with E-state index in [1.165, 1.54) is 6.92 Å². The van der Waals surface area contributed by atoms with Crippen LogP contribution in [0.2, 0.25) is 0 Å². The molecular formula is C22H17NO4. The van der Waals surface area contributed by atoms with Crippen LogP contribution < -0.4 is 10.1 Å². The number of carbonyl (C=O) groups is 2. The first kappa shape index (κ1) is 16.8. The Kier molecular flexibility index (Phi) is 4.34. The number of fused-ring (bicyclic) bond motifs is 3. The molecule has 0 unspecified atom stereocenters. The van der Waals surface area contributed by atoms with Crippen molar-refractivity contribution in [3.05, 3.63) is 72.5 Å². The highest BCUT2D eigenvalue weighted by Crippen LogP contribution is 2.30. The number of ether oxygens (including phenoxy) is 1. The zero-order valence-corrected chi connectivity index (χ0v) is 14.7. The quantitative estimate of drug-likeness (QED) is 0.424. The summed E-state index contributed by atoms with van der Waals surface area (Å²) in [5.74, 6) is -0.108. The van der Waals surface area contributed by atoms with Gasteiger partial charge in [-0.25, -0.2) is 0 Å². The molecule has 134 valence electrons. The SMILES string of the molecule is CC(=O)Nc1ccc(OC(=O)Cc2coc3ccc4ccccc4c23)cc1. The van der Waals surface area contributed by atoms with Crippen molar-refractivity contribution in [2.45, 2.75) is 13.3 Å². The molecule has 27 heavy (non-hydrogen) atoms. The van der Waals surface area contributed by atoms with Crippen molar-refractivity contribution in [1.29, 1.82) is 0 Å². The minimum atomic E-state index is -0.377. The minimum absolute atomic E-state index is 0.106. The summed E-state index contributed by atoms with van der Waals surface area (Å²) in [4.78, 5) is 23.4. The van der Waals surface area contributed by atoms with Gasteiger partial charge < -0.3 is 14.5 Å². The molecule has 1 aromatic heterocycles. The highest BCUT2D eigenvalue weighted by Gasteiger charge is 2.14. The van der Waals surface area contributed by atoms with Gasteiger partial charge in [0, 0.05) is 23.6 Å². The summed E-state index contributed by atoms with van der Waals surface area (Å²) in [6, 6.07) is 18.6. The molecule has 0 aliphatic heterocycles. The average Bonchev–Trinajstić information content (AvgIpc) is 3.06. The molecule has 1 heterocycles. The van der Waals surface area contributed by atoms with E-state index < -0.39 is 0 Å². The van der Waals surface area contributed by atoms with E-state index in [0.29, 0.717) is 11.4 Å². The molecule has 4 rings (SSSR count). The third kappa shape index (κ3) is 3.53. The first-order valence-electron chi connectivity index (χ1n) is 8.56. The van der Waals surface area contributed by atoms with E-state index in [0.717, 1.165) is 27.3 Å². The van der Waals surface area contributed by atoms with Gasteiger partial charge in [-0.05, 0) is 41.1 Å². The summed E-state index contributed by atoms with van der Waals surface area (Å²) in [5.41, 5.74) is 2.19. The summed E-state index contributed by atoms with van der Waals surface area (Å²) in [6.45, 7) is 1.44. The maximum atomic E-state index is 12.4. The first-order valence-corrected chi connectivity index (χ1v) is 8.56. The molecule has 0 atom stereocenters. The number of amides is 1. The number of hydrogen-bond acceptors (Lipinski definition) is 4. The maximum Gasteiger partial charge on any atom is 0.315 e. The molecule has 5 nitrogen and oxygen atoms in total. The Hall–Kier alpha value is -3.60.